The number of aromatic nitrogens is 2. The molecule has 3 aliphatic heterocycles. The zero-order valence-electron chi connectivity index (χ0n) is 39.4. The Labute approximate surface area is 387 Å². The number of hydrazine groups is 1. The number of likely N-dealkylation sites (tertiary alicyclic amines) is 1. The lowest BCUT2D eigenvalue weighted by Gasteiger charge is -2.37. The summed E-state index contributed by atoms with van der Waals surface area (Å²) in [5, 5.41) is 8.09. The summed E-state index contributed by atoms with van der Waals surface area (Å²) in [5.41, 5.74) is 8.71. The molecule has 1 aromatic carbocycles. The molecule has 2 fully saturated rings. The van der Waals surface area contributed by atoms with Gasteiger partial charge in [-0.3, -0.25) is 34.0 Å². The van der Waals surface area contributed by atoms with Crippen LogP contribution in [-0.4, -0.2) is 125 Å². The molecule has 4 amide bonds. The van der Waals surface area contributed by atoms with Crippen molar-refractivity contribution < 1.29 is 33.4 Å². The van der Waals surface area contributed by atoms with Crippen LogP contribution in [0.3, 0.4) is 0 Å². The highest BCUT2D eigenvalue weighted by Crippen LogP contribution is 2.40. The Hall–Kier alpha value is -5.45. The number of carbonyl (C=O) groups excluding carboxylic acids is 5. The number of hydrogen-bond donors (Lipinski definition) is 2. The smallest absolute Gasteiger partial charge is 0.324 e. The SMILES string of the molecule is C=CC(=O)N1CC[C@H](C(=O)N(C)[C@H](C(=O)N[C@H]2Cc3csc(n3)-c3ccc4c(c3)c(c(/C(C=C)=C(/N=CC)[C@H](C)OC)n4CC)CC(C)(C)COC(=O)[C@@H]3CCCN(N3)C2=O)C(C)C)C1. The molecule has 0 unspecified atom stereocenters. The standard InChI is InChI=1S/C49H66N8O7S/c1-12-34(41(50-14-3)30(7)63-11)43-36-25-49(8,9)28-64-48(62)37-17-16-21-57(53-37)47(61)38(24-33-27-65-45(51-33)31-18-19-39(35(36)23-31)56(43)15-4)52-44(59)42(29(5)6)54(10)46(60)32-20-22-55(26-32)40(58)13-2/h12-14,18-19,23,27,29-30,32,37-38,42,53H,1-2,15-17,20-22,24-26,28H2,3-11H3,(H,52,59)/b41-34+,50-14?/t30-,32-,37-,38-,42-/m0/s1. The summed E-state index contributed by atoms with van der Waals surface area (Å²) in [6.45, 7) is 23.4. The van der Waals surface area contributed by atoms with Gasteiger partial charge in [0, 0.05) is 85.8 Å². The molecule has 15 nitrogen and oxygen atoms in total. The number of nitrogens with zero attached hydrogens (tertiary/aromatic N) is 6. The number of allylic oxidation sites excluding steroid dienone is 2. The van der Waals surface area contributed by atoms with Crippen molar-refractivity contribution in [1.29, 1.82) is 0 Å². The summed E-state index contributed by atoms with van der Waals surface area (Å²) in [7, 11) is 3.26. The lowest BCUT2D eigenvalue weighted by Crippen LogP contribution is -2.62. The van der Waals surface area contributed by atoms with E-state index in [0.717, 1.165) is 44.0 Å². The number of aliphatic imine (C=N–C) groups is 1. The van der Waals surface area contributed by atoms with Crippen LogP contribution in [0.25, 0.3) is 27.0 Å². The molecule has 350 valence electrons. The van der Waals surface area contributed by atoms with Gasteiger partial charge in [-0.15, -0.1) is 11.3 Å². The number of amides is 4. The van der Waals surface area contributed by atoms with Crippen molar-refractivity contribution in [3.8, 4) is 10.6 Å². The lowest BCUT2D eigenvalue weighted by molar-refractivity contribution is -0.155. The van der Waals surface area contributed by atoms with Gasteiger partial charge in [0.15, 0.2) is 0 Å². The van der Waals surface area contributed by atoms with Crippen LogP contribution < -0.4 is 10.7 Å². The molecule has 0 radical (unpaired) electrons. The molecule has 2 aromatic heterocycles. The first kappa shape index (κ1) is 49.0. The van der Waals surface area contributed by atoms with E-state index in [2.05, 4.69) is 67.4 Å². The van der Waals surface area contributed by atoms with Crippen molar-refractivity contribution in [3.05, 3.63) is 71.5 Å². The molecule has 2 saturated heterocycles. The fraction of sp³-hybridized carbons (Fsp3) is 0.531. The number of carbonyl (C=O) groups is 5. The number of aryl methyl sites for hydroxylation is 1. The first-order valence-electron chi connectivity index (χ1n) is 22.7. The number of thiazole rings is 1. The van der Waals surface area contributed by atoms with Crippen LogP contribution in [0.1, 0.15) is 84.7 Å². The largest absolute Gasteiger partial charge is 0.464 e. The third kappa shape index (κ3) is 10.5. The fourth-order valence-corrected chi connectivity index (χ4v) is 10.2. The molecule has 5 atom stereocenters. The molecular weight excluding hydrogens is 845 g/mol. The number of likely N-dealkylation sites (N-methyl/N-ethyl adjacent to an activating group) is 1. The molecule has 16 heteroatoms. The predicted octanol–water partition coefficient (Wildman–Crippen LogP) is 5.97. The zero-order chi connectivity index (χ0) is 47.3. The van der Waals surface area contributed by atoms with Crippen molar-refractivity contribution in [2.75, 3.05) is 40.4 Å². The average Bonchev–Trinajstić information content (AvgIpc) is 4.05. The molecular formula is C49H66N8O7S. The Balaban J connectivity index is 1.42. The maximum atomic E-state index is 14.6. The molecule has 6 rings (SSSR count). The summed E-state index contributed by atoms with van der Waals surface area (Å²) in [6.07, 6.45) is 6.57. The van der Waals surface area contributed by atoms with Crippen molar-refractivity contribution in [2.45, 2.75) is 111 Å². The number of hydrogen-bond acceptors (Lipinski definition) is 11. The number of fused-ring (bicyclic) bond motifs is 6. The molecule has 0 saturated carbocycles. The monoisotopic (exact) mass is 910 g/mol. The van der Waals surface area contributed by atoms with Gasteiger partial charge < -0.3 is 29.2 Å². The van der Waals surface area contributed by atoms with Crippen molar-refractivity contribution in [3.63, 3.8) is 0 Å². The van der Waals surface area contributed by atoms with Crippen LogP contribution in [0.5, 0.6) is 0 Å². The van der Waals surface area contributed by atoms with Crippen molar-refractivity contribution >= 4 is 63.6 Å². The Morgan fingerprint density at radius 3 is 2.57 bits per heavy atom. The van der Waals surface area contributed by atoms with E-state index in [1.165, 1.54) is 27.3 Å². The van der Waals surface area contributed by atoms with Crippen LogP contribution in [0.2, 0.25) is 0 Å². The quantitative estimate of drug-likeness (QED) is 0.0963. The summed E-state index contributed by atoms with van der Waals surface area (Å²) < 4.78 is 14.2. The van der Waals surface area contributed by atoms with E-state index < -0.39 is 47.2 Å². The third-order valence-corrected chi connectivity index (χ3v) is 13.7. The number of cyclic esters (lactones) is 1. The van der Waals surface area contributed by atoms with Gasteiger partial charge in [0.1, 0.15) is 23.1 Å². The summed E-state index contributed by atoms with van der Waals surface area (Å²) in [6, 6.07) is 3.50. The molecule has 3 aromatic rings. The number of nitrogens with one attached hydrogen (secondary N) is 2. The van der Waals surface area contributed by atoms with E-state index in [4.69, 9.17) is 19.5 Å². The molecule has 65 heavy (non-hydrogen) atoms. The van der Waals surface area contributed by atoms with Gasteiger partial charge in [0.2, 0.25) is 17.7 Å². The Bertz CT molecular complexity index is 2380. The highest BCUT2D eigenvalue weighted by Gasteiger charge is 2.40. The highest BCUT2D eigenvalue weighted by molar-refractivity contribution is 7.13. The second-order valence-electron chi connectivity index (χ2n) is 18.4. The minimum absolute atomic E-state index is 0.0576. The normalized spacial score (nSPS) is 21.7. The maximum absolute atomic E-state index is 14.6. The van der Waals surface area contributed by atoms with Gasteiger partial charge in [-0.25, -0.2) is 10.4 Å². The van der Waals surface area contributed by atoms with Crippen molar-refractivity contribution in [2.24, 2.45) is 22.2 Å². The summed E-state index contributed by atoms with van der Waals surface area (Å²) in [5.74, 6) is -2.68. The zero-order valence-corrected chi connectivity index (χ0v) is 40.3. The molecule has 3 aliphatic rings. The number of methoxy groups -OCH3 is 1. The first-order valence-corrected chi connectivity index (χ1v) is 23.6. The second kappa shape index (κ2) is 20.8. The van der Waals surface area contributed by atoms with Gasteiger partial charge >= 0.3 is 5.97 Å². The number of benzene rings is 1. The topological polar surface area (TPSA) is 168 Å². The van der Waals surface area contributed by atoms with Crippen LogP contribution in [0.4, 0.5) is 0 Å². The van der Waals surface area contributed by atoms with E-state index in [-0.39, 0.29) is 43.4 Å². The number of rotatable bonds is 12. The van der Waals surface area contributed by atoms with Crippen LogP contribution in [-0.2, 0) is 52.8 Å². The molecule has 0 spiro atoms. The first-order chi connectivity index (χ1) is 31.0. The highest BCUT2D eigenvalue weighted by atomic mass is 32.1. The molecule has 5 heterocycles. The van der Waals surface area contributed by atoms with Gasteiger partial charge in [-0.2, -0.15) is 0 Å². The molecule has 0 aliphatic carbocycles. The van der Waals surface area contributed by atoms with E-state index >= 15 is 0 Å². The summed E-state index contributed by atoms with van der Waals surface area (Å²) >= 11 is 1.45. The van der Waals surface area contributed by atoms with Gasteiger partial charge in [-0.1, -0.05) is 46.9 Å². The second-order valence-corrected chi connectivity index (χ2v) is 19.2. The Morgan fingerprint density at radius 1 is 1.15 bits per heavy atom. The fourth-order valence-electron chi connectivity index (χ4n) is 9.38. The van der Waals surface area contributed by atoms with Crippen LogP contribution in [0.15, 0.2) is 59.6 Å². The van der Waals surface area contributed by atoms with Gasteiger partial charge in [0.25, 0.3) is 5.91 Å². The van der Waals surface area contributed by atoms with E-state index in [1.54, 1.807) is 25.3 Å². The predicted molar refractivity (Wildman–Crippen MR) is 255 cm³/mol. The third-order valence-electron chi connectivity index (χ3n) is 12.7. The van der Waals surface area contributed by atoms with Crippen LogP contribution in [0, 0.1) is 17.3 Å². The number of ether oxygens (including phenoxy) is 2. The average molecular weight is 911 g/mol. The van der Waals surface area contributed by atoms with Crippen LogP contribution >= 0.6 is 11.3 Å². The van der Waals surface area contributed by atoms with Gasteiger partial charge in [-0.05, 0) is 82.2 Å². The Morgan fingerprint density at radius 2 is 1.91 bits per heavy atom. The minimum Gasteiger partial charge on any atom is -0.464 e. The van der Waals surface area contributed by atoms with Gasteiger partial charge in [0.05, 0.1) is 35.7 Å². The Kier molecular flexibility index (Phi) is 15.7. The molecule has 2 N–H and O–H groups in total. The summed E-state index contributed by atoms with van der Waals surface area (Å²) in [4.78, 5) is 81.9. The van der Waals surface area contributed by atoms with E-state index in [1.807, 2.05) is 39.2 Å². The number of esters is 1. The lowest BCUT2D eigenvalue weighted by atomic mass is 9.84. The van der Waals surface area contributed by atoms with Crippen molar-refractivity contribution in [1.82, 2.24) is 35.1 Å². The van der Waals surface area contributed by atoms with E-state index in [0.29, 0.717) is 51.0 Å². The molecule has 6 bridgehead atoms. The maximum Gasteiger partial charge on any atom is 0.324 e. The minimum atomic E-state index is -1.09. The van der Waals surface area contributed by atoms with E-state index in [9.17, 15) is 24.0 Å².